The minimum Gasteiger partial charge on any atom is -0.369 e. The fraction of sp³-hybridized carbons (Fsp3) is 0.545. The number of nitrogens with two attached hydrogens (primary N) is 1. The normalized spacial score (nSPS) is 11.4. The molecule has 0 saturated carbocycles. The van der Waals surface area contributed by atoms with Crippen LogP contribution in [0.2, 0.25) is 0 Å². The number of halogens is 3. The quantitative estimate of drug-likeness (QED) is 0.463. The van der Waals surface area contributed by atoms with Crippen molar-refractivity contribution in [2.75, 3.05) is 17.3 Å². The Morgan fingerprint density at radius 2 is 2.05 bits per heavy atom. The van der Waals surface area contributed by atoms with Crippen LogP contribution in [0.5, 0.6) is 0 Å². The number of nitrogens with zero attached hydrogens (tertiary/aromatic N) is 2. The summed E-state index contributed by atoms with van der Waals surface area (Å²) in [7, 11) is 0. The molecule has 0 radical (unpaired) electrons. The van der Waals surface area contributed by atoms with Crippen LogP contribution < -0.4 is 21.9 Å². The van der Waals surface area contributed by atoms with Crippen molar-refractivity contribution in [3.8, 4) is 0 Å². The summed E-state index contributed by atoms with van der Waals surface area (Å²) in [5.41, 5.74) is 0.838. The van der Waals surface area contributed by atoms with Gasteiger partial charge in [0, 0.05) is 25.1 Å². The number of hydrogen-bond donors (Lipinski definition) is 4. The number of carbonyl (C=O) groups excluding carboxylic acids is 1. The van der Waals surface area contributed by atoms with E-state index in [4.69, 9.17) is 5.84 Å². The SMILES string of the molecule is CC(C)NC(=O)CCNc1cc(C(F)(F)F)nc(NN)n1. The summed E-state index contributed by atoms with van der Waals surface area (Å²) in [4.78, 5) is 18.3. The molecule has 21 heavy (non-hydrogen) atoms. The van der Waals surface area contributed by atoms with E-state index in [1.165, 1.54) is 0 Å². The van der Waals surface area contributed by atoms with E-state index in [0.717, 1.165) is 6.07 Å². The van der Waals surface area contributed by atoms with E-state index in [9.17, 15) is 18.0 Å². The Kier molecular flexibility index (Phi) is 5.70. The van der Waals surface area contributed by atoms with Gasteiger partial charge in [-0.05, 0) is 13.8 Å². The van der Waals surface area contributed by atoms with Crippen LogP contribution in [-0.2, 0) is 11.0 Å². The molecule has 1 aromatic heterocycles. The molecule has 0 saturated heterocycles. The molecule has 5 N–H and O–H groups in total. The molecule has 0 bridgehead atoms. The molecule has 0 aliphatic rings. The van der Waals surface area contributed by atoms with Crippen molar-refractivity contribution in [1.82, 2.24) is 15.3 Å². The highest BCUT2D eigenvalue weighted by atomic mass is 19.4. The molecule has 0 spiro atoms. The molecule has 10 heteroatoms. The second-order valence-corrected chi connectivity index (χ2v) is 4.50. The number of nitrogens with one attached hydrogen (secondary N) is 3. The van der Waals surface area contributed by atoms with Crippen LogP contribution in [0.4, 0.5) is 24.9 Å². The first kappa shape index (κ1) is 17.0. The van der Waals surface area contributed by atoms with Crippen LogP contribution in [0.1, 0.15) is 26.0 Å². The molecule has 1 heterocycles. The maximum Gasteiger partial charge on any atom is 0.433 e. The van der Waals surface area contributed by atoms with Gasteiger partial charge in [0.25, 0.3) is 0 Å². The topological polar surface area (TPSA) is 105 Å². The summed E-state index contributed by atoms with van der Waals surface area (Å²) in [6.07, 6.45) is -4.51. The van der Waals surface area contributed by atoms with E-state index in [-0.39, 0.29) is 36.7 Å². The molecule has 1 aromatic rings. The van der Waals surface area contributed by atoms with Crippen LogP contribution in [0, 0.1) is 0 Å². The average molecular weight is 306 g/mol. The minimum atomic E-state index is -4.61. The zero-order valence-corrected chi connectivity index (χ0v) is 11.6. The molecule has 7 nitrogen and oxygen atoms in total. The van der Waals surface area contributed by atoms with E-state index in [2.05, 4.69) is 20.6 Å². The third-order valence-corrected chi connectivity index (χ3v) is 2.25. The predicted octanol–water partition coefficient (Wildman–Crippen LogP) is 1.11. The highest BCUT2D eigenvalue weighted by Crippen LogP contribution is 2.29. The van der Waals surface area contributed by atoms with Gasteiger partial charge in [-0.25, -0.2) is 10.8 Å². The number of nitrogen functional groups attached to an aromatic ring is 1. The Balaban J connectivity index is 2.68. The molecule has 0 aromatic carbocycles. The van der Waals surface area contributed by atoms with Crippen molar-refractivity contribution in [3.05, 3.63) is 11.8 Å². The fourth-order valence-electron chi connectivity index (χ4n) is 1.45. The third kappa shape index (κ3) is 5.81. The molecule has 0 unspecified atom stereocenters. The van der Waals surface area contributed by atoms with E-state index in [1.54, 1.807) is 0 Å². The van der Waals surface area contributed by atoms with Crippen LogP contribution in [0.15, 0.2) is 6.07 Å². The number of hydrogen-bond acceptors (Lipinski definition) is 6. The van der Waals surface area contributed by atoms with Gasteiger partial charge in [-0.1, -0.05) is 0 Å². The number of carbonyl (C=O) groups is 1. The van der Waals surface area contributed by atoms with E-state index >= 15 is 0 Å². The summed E-state index contributed by atoms with van der Waals surface area (Å²) in [5.74, 6) is 4.39. The second-order valence-electron chi connectivity index (χ2n) is 4.50. The summed E-state index contributed by atoms with van der Waals surface area (Å²) in [5, 5.41) is 5.29. The first-order chi connectivity index (χ1) is 9.72. The van der Waals surface area contributed by atoms with Gasteiger partial charge >= 0.3 is 6.18 Å². The lowest BCUT2D eigenvalue weighted by Crippen LogP contribution is -2.31. The minimum absolute atomic E-state index is 0.00132. The lowest BCUT2D eigenvalue weighted by Gasteiger charge is -2.12. The highest BCUT2D eigenvalue weighted by molar-refractivity contribution is 5.76. The standard InChI is InChI=1S/C11H17F3N6O/c1-6(2)17-9(21)3-4-16-8-5-7(11(12,13)14)18-10(19-8)20-15/h5-6H,3-4,15H2,1-2H3,(H,17,21)(H2,16,18,19,20). The Labute approximate surface area is 119 Å². The van der Waals surface area contributed by atoms with E-state index in [0.29, 0.717) is 0 Å². The van der Waals surface area contributed by atoms with Gasteiger partial charge in [0.2, 0.25) is 11.9 Å². The lowest BCUT2D eigenvalue weighted by atomic mass is 10.3. The first-order valence-electron chi connectivity index (χ1n) is 6.18. The van der Waals surface area contributed by atoms with Crippen LogP contribution in [-0.4, -0.2) is 28.5 Å². The van der Waals surface area contributed by atoms with Crippen LogP contribution in [0.25, 0.3) is 0 Å². The molecule has 0 fully saturated rings. The molecule has 1 amide bonds. The fourth-order valence-corrected chi connectivity index (χ4v) is 1.45. The Bertz CT molecular complexity index is 491. The molecule has 0 aliphatic carbocycles. The number of alkyl halides is 3. The molecule has 1 rings (SSSR count). The maximum atomic E-state index is 12.6. The zero-order valence-electron chi connectivity index (χ0n) is 11.6. The molecule has 0 aliphatic heterocycles. The van der Waals surface area contributed by atoms with Crippen molar-refractivity contribution in [3.63, 3.8) is 0 Å². The number of aromatic nitrogens is 2. The first-order valence-corrected chi connectivity index (χ1v) is 6.18. The smallest absolute Gasteiger partial charge is 0.369 e. The third-order valence-electron chi connectivity index (χ3n) is 2.25. The number of rotatable bonds is 6. The van der Waals surface area contributed by atoms with Crippen LogP contribution in [0.3, 0.4) is 0 Å². The number of anilines is 2. The Morgan fingerprint density at radius 1 is 1.38 bits per heavy atom. The summed E-state index contributed by atoms with van der Waals surface area (Å²) in [6, 6.07) is 0.753. The zero-order chi connectivity index (χ0) is 16.0. The Morgan fingerprint density at radius 3 is 2.57 bits per heavy atom. The molecular formula is C11H17F3N6O. The van der Waals surface area contributed by atoms with Crippen molar-refractivity contribution < 1.29 is 18.0 Å². The number of amides is 1. The van der Waals surface area contributed by atoms with Crippen LogP contribution >= 0.6 is 0 Å². The van der Waals surface area contributed by atoms with Gasteiger partial charge in [0.05, 0.1) is 0 Å². The van der Waals surface area contributed by atoms with Crippen molar-refractivity contribution in [1.29, 1.82) is 0 Å². The van der Waals surface area contributed by atoms with Gasteiger partial charge in [-0.15, -0.1) is 0 Å². The monoisotopic (exact) mass is 306 g/mol. The van der Waals surface area contributed by atoms with Gasteiger partial charge in [0.15, 0.2) is 5.69 Å². The van der Waals surface area contributed by atoms with Gasteiger partial charge in [-0.2, -0.15) is 18.2 Å². The molecule has 118 valence electrons. The lowest BCUT2D eigenvalue weighted by molar-refractivity contribution is -0.141. The largest absolute Gasteiger partial charge is 0.433 e. The summed E-state index contributed by atoms with van der Waals surface area (Å²) >= 11 is 0. The number of hydrazine groups is 1. The molecule has 0 atom stereocenters. The Hall–Kier alpha value is -2.10. The van der Waals surface area contributed by atoms with Crippen molar-refractivity contribution >= 4 is 17.7 Å². The van der Waals surface area contributed by atoms with Gasteiger partial charge in [0.1, 0.15) is 5.82 Å². The van der Waals surface area contributed by atoms with Gasteiger partial charge < -0.3 is 10.6 Å². The van der Waals surface area contributed by atoms with E-state index in [1.807, 2.05) is 19.3 Å². The van der Waals surface area contributed by atoms with Gasteiger partial charge in [-0.3, -0.25) is 10.2 Å². The summed E-state index contributed by atoms with van der Waals surface area (Å²) < 4.78 is 37.9. The summed E-state index contributed by atoms with van der Waals surface area (Å²) in [6.45, 7) is 3.76. The second kappa shape index (κ2) is 7.07. The molecular weight excluding hydrogens is 289 g/mol. The highest BCUT2D eigenvalue weighted by Gasteiger charge is 2.33. The predicted molar refractivity (Wildman–Crippen MR) is 71.2 cm³/mol. The maximum absolute atomic E-state index is 12.6. The average Bonchev–Trinajstić information content (AvgIpc) is 2.36. The van der Waals surface area contributed by atoms with Crippen molar-refractivity contribution in [2.45, 2.75) is 32.5 Å². The van der Waals surface area contributed by atoms with Crippen molar-refractivity contribution in [2.24, 2.45) is 5.84 Å². The van der Waals surface area contributed by atoms with E-state index < -0.39 is 11.9 Å².